The zero-order valence-electron chi connectivity index (χ0n) is 13.5. The van der Waals surface area contributed by atoms with E-state index in [0.29, 0.717) is 5.92 Å². The SMILES string of the molecule is COCC(=O)NC[C@H]1CCN(Cc2cccc3cccnc23)C1. The highest BCUT2D eigenvalue weighted by Crippen LogP contribution is 2.22. The molecule has 0 radical (unpaired) electrons. The highest BCUT2D eigenvalue weighted by molar-refractivity contribution is 5.81. The molecule has 1 aliphatic heterocycles. The molecule has 1 aromatic carbocycles. The largest absolute Gasteiger partial charge is 0.375 e. The van der Waals surface area contributed by atoms with Gasteiger partial charge in [0.1, 0.15) is 6.61 Å². The number of likely N-dealkylation sites (tertiary alicyclic amines) is 1. The van der Waals surface area contributed by atoms with Gasteiger partial charge < -0.3 is 10.1 Å². The number of methoxy groups -OCH3 is 1. The predicted molar refractivity (Wildman–Crippen MR) is 90.0 cm³/mol. The maximum Gasteiger partial charge on any atom is 0.245 e. The van der Waals surface area contributed by atoms with Gasteiger partial charge in [-0.2, -0.15) is 0 Å². The second-order valence-corrected chi connectivity index (χ2v) is 6.12. The van der Waals surface area contributed by atoms with Crippen LogP contribution in [-0.2, 0) is 16.1 Å². The van der Waals surface area contributed by atoms with Gasteiger partial charge in [0.25, 0.3) is 0 Å². The van der Waals surface area contributed by atoms with Crippen LogP contribution in [0.3, 0.4) is 0 Å². The van der Waals surface area contributed by atoms with Gasteiger partial charge in [-0.25, -0.2) is 0 Å². The van der Waals surface area contributed by atoms with E-state index in [-0.39, 0.29) is 12.5 Å². The molecule has 0 aliphatic carbocycles. The van der Waals surface area contributed by atoms with Crippen LogP contribution in [0.15, 0.2) is 36.5 Å². The van der Waals surface area contributed by atoms with Gasteiger partial charge in [-0.3, -0.25) is 14.7 Å². The number of rotatable bonds is 6. The van der Waals surface area contributed by atoms with Gasteiger partial charge in [0.15, 0.2) is 0 Å². The third-order valence-electron chi connectivity index (χ3n) is 4.34. The fourth-order valence-corrected chi connectivity index (χ4v) is 3.20. The summed E-state index contributed by atoms with van der Waals surface area (Å²) in [7, 11) is 1.54. The van der Waals surface area contributed by atoms with Crippen molar-refractivity contribution in [2.75, 3.05) is 33.4 Å². The molecule has 1 fully saturated rings. The summed E-state index contributed by atoms with van der Waals surface area (Å²) in [4.78, 5) is 18.4. The Morgan fingerprint density at radius 2 is 2.26 bits per heavy atom. The van der Waals surface area contributed by atoms with Crippen molar-refractivity contribution in [3.63, 3.8) is 0 Å². The minimum Gasteiger partial charge on any atom is -0.375 e. The van der Waals surface area contributed by atoms with Crippen molar-refractivity contribution >= 4 is 16.8 Å². The maximum atomic E-state index is 11.5. The van der Waals surface area contributed by atoms with Gasteiger partial charge in [0.05, 0.1) is 5.52 Å². The Labute approximate surface area is 136 Å². The number of benzene rings is 1. The van der Waals surface area contributed by atoms with Crippen molar-refractivity contribution in [1.82, 2.24) is 15.2 Å². The summed E-state index contributed by atoms with van der Waals surface area (Å²) in [6, 6.07) is 10.4. The van der Waals surface area contributed by atoms with Gasteiger partial charge in [-0.1, -0.05) is 24.3 Å². The monoisotopic (exact) mass is 313 g/mol. The van der Waals surface area contributed by atoms with Crippen molar-refractivity contribution in [2.45, 2.75) is 13.0 Å². The van der Waals surface area contributed by atoms with Gasteiger partial charge in [0, 0.05) is 38.3 Å². The molecule has 3 rings (SSSR count). The number of para-hydroxylation sites is 1. The van der Waals surface area contributed by atoms with Crippen LogP contribution in [0, 0.1) is 5.92 Å². The summed E-state index contributed by atoms with van der Waals surface area (Å²) >= 11 is 0. The Hall–Kier alpha value is -1.98. The zero-order chi connectivity index (χ0) is 16.1. The number of hydrogen-bond donors (Lipinski definition) is 1. The Morgan fingerprint density at radius 1 is 1.39 bits per heavy atom. The number of nitrogens with zero attached hydrogens (tertiary/aromatic N) is 2. The number of fused-ring (bicyclic) bond motifs is 1. The predicted octanol–water partition coefficient (Wildman–Crippen LogP) is 1.82. The van der Waals surface area contributed by atoms with Crippen LogP contribution < -0.4 is 5.32 Å². The van der Waals surface area contributed by atoms with Gasteiger partial charge in [0.2, 0.25) is 5.91 Å². The first-order valence-corrected chi connectivity index (χ1v) is 8.07. The van der Waals surface area contributed by atoms with E-state index in [1.165, 1.54) is 18.1 Å². The minimum absolute atomic E-state index is 0.0378. The van der Waals surface area contributed by atoms with Crippen LogP contribution in [0.25, 0.3) is 10.9 Å². The molecule has 2 aromatic rings. The van der Waals surface area contributed by atoms with Crippen molar-refractivity contribution in [1.29, 1.82) is 0 Å². The Kier molecular flexibility index (Phi) is 5.20. The standard InChI is InChI=1S/C18H23N3O2/c1-23-13-17(22)20-10-14-7-9-21(11-14)12-16-5-2-4-15-6-3-8-19-18(15)16/h2-6,8,14H,7,9-13H2,1H3,(H,20,22)/t14-/m1/s1. The summed E-state index contributed by atoms with van der Waals surface area (Å²) in [5.74, 6) is 0.475. The molecule has 1 saturated heterocycles. The number of hydrogen-bond acceptors (Lipinski definition) is 4. The summed E-state index contributed by atoms with van der Waals surface area (Å²) in [6.07, 6.45) is 2.97. The van der Waals surface area contributed by atoms with Gasteiger partial charge in [-0.15, -0.1) is 0 Å². The molecule has 1 atom stereocenters. The Balaban J connectivity index is 1.56. The minimum atomic E-state index is -0.0378. The summed E-state index contributed by atoms with van der Waals surface area (Å²) in [5, 5.41) is 4.12. The molecule has 23 heavy (non-hydrogen) atoms. The van der Waals surface area contributed by atoms with Crippen LogP contribution in [-0.4, -0.2) is 49.1 Å². The normalized spacial score (nSPS) is 18.4. The lowest BCUT2D eigenvalue weighted by Crippen LogP contribution is -2.33. The molecule has 122 valence electrons. The average molecular weight is 313 g/mol. The van der Waals surface area contributed by atoms with E-state index in [1.807, 2.05) is 12.3 Å². The van der Waals surface area contributed by atoms with Crippen LogP contribution in [0.1, 0.15) is 12.0 Å². The lowest BCUT2D eigenvalue weighted by Gasteiger charge is -2.17. The number of carbonyl (C=O) groups excluding carboxylic acids is 1. The van der Waals surface area contributed by atoms with Crippen molar-refractivity contribution < 1.29 is 9.53 Å². The quantitative estimate of drug-likeness (QED) is 0.884. The lowest BCUT2D eigenvalue weighted by atomic mass is 10.1. The number of aromatic nitrogens is 1. The zero-order valence-corrected chi connectivity index (χ0v) is 13.5. The molecule has 1 N–H and O–H groups in total. The van der Waals surface area contributed by atoms with Crippen LogP contribution in [0.2, 0.25) is 0 Å². The van der Waals surface area contributed by atoms with E-state index >= 15 is 0 Å². The van der Waals surface area contributed by atoms with Crippen LogP contribution in [0.5, 0.6) is 0 Å². The fraction of sp³-hybridized carbons (Fsp3) is 0.444. The van der Waals surface area contributed by atoms with Gasteiger partial charge in [-0.05, 0) is 30.5 Å². The van der Waals surface area contributed by atoms with E-state index in [9.17, 15) is 4.79 Å². The molecule has 5 nitrogen and oxygen atoms in total. The topological polar surface area (TPSA) is 54.5 Å². The van der Waals surface area contributed by atoms with Crippen LogP contribution in [0.4, 0.5) is 0 Å². The van der Waals surface area contributed by atoms with Gasteiger partial charge >= 0.3 is 0 Å². The second-order valence-electron chi connectivity index (χ2n) is 6.12. The average Bonchev–Trinajstić information content (AvgIpc) is 3.01. The molecule has 1 aliphatic rings. The number of pyridine rings is 1. The maximum absolute atomic E-state index is 11.5. The molecule has 1 amide bonds. The van der Waals surface area contributed by atoms with E-state index < -0.39 is 0 Å². The molecule has 0 spiro atoms. The van der Waals surface area contributed by atoms with E-state index in [4.69, 9.17) is 4.74 Å². The first kappa shape index (κ1) is 15.9. The molecule has 0 bridgehead atoms. The Morgan fingerprint density at radius 3 is 3.13 bits per heavy atom. The molecule has 0 saturated carbocycles. The third kappa shape index (κ3) is 4.06. The summed E-state index contributed by atoms with van der Waals surface area (Å²) in [6.45, 7) is 3.85. The van der Waals surface area contributed by atoms with E-state index in [2.05, 4.69) is 39.5 Å². The van der Waals surface area contributed by atoms with E-state index in [0.717, 1.165) is 38.1 Å². The molecule has 2 heterocycles. The molecule has 1 aromatic heterocycles. The van der Waals surface area contributed by atoms with E-state index in [1.54, 1.807) is 0 Å². The first-order chi connectivity index (χ1) is 11.3. The fourth-order valence-electron chi connectivity index (χ4n) is 3.20. The van der Waals surface area contributed by atoms with Crippen molar-refractivity contribution in [3.05, 3.63) is 42.1 Å². The number of nitrogens with one attached hydrogen (secondary N) is 1. The van der Waals surface area contributed by atoms with Crippen molar-refractivity contribution in [3.8, 4) is 0 Å². The summed E-state index contributed by atoms with van der Waals surface area (Å²) in [5.41, 5.74) is 2.36. The lowest BCUT2D eigenvalue weighted by molar-refractivity contribution is -0.124. The molecule has 5 heteroatoms. The first-order valence-electron chi connectivity index (χ1n) is 8.07. The summed E-state index contributed by atoms with van der Waals surface area (Å²) < 4.78 is 4.83. The van der Waals surface area contributed by atoms with Crippen LogP contribution >= 0.6 is 0 Å². The number of carbonyl (C=O) groups is 1. The molecular weight excluding hydrogens is 290 g/mol. The third-order valence-corrected chi connectivity index (χ3v) is 4.34. The number of ether oxygens (including phenoxy) is 1. The smallest absolute Gasteiger partial charge is 0.245 e. The second kappa shape index (κ2) is 7.53. The Bertz CT molecular complexity index is 669. The van der Waals surface area contributed by atoms with Crippen molar-refractivity contribution in [2.24, 2.45) is 5.92 Å². The highest BCUT2D eigenvalue weighted by Gasteiger charge is 2.23. The molecule has 0 unspecified atom stereocenters. The highest BCUT2D eigenvalue weighted by atomic mass is 16.5. The molecular formula is C18H23N3O2. The number of amides is 1.